The molecule has 1 aromatic carbocycles. The van der Waals surface area contributed by atoms with Crippen LogP contribution in [0.3, 0.4) is 0 Å². The molecular formula is C12H14F2N2O3. The molecule has 0 unspecified atom stereocenters. The van der Waals surface area contributed by atoms with Gasteiger partial charge in [-0.3, -0.25) is 0 Å². The van der Waals surface area contributed by atoms with Crippen LogP contribution in [0, 0.1) is 0 Å². The van der Waals surface area contributed by atoms with Gasteiger partial charge in [0.05, 0.1) is 13.2 Å². The monoisotopic (exact) mass is 272 g/mol. The Kier molecular flexibility index (Phi) is 4.51. The SMILES string of the molecule is O=C(Nc1ccc(OC(F)F)cc1)N1CCOCC1. The van der Waals surface area contributed by atoms with Gasteiger partial charge in [0.1, 0.15) is 5.75 Å². The summed E-state index contributed by atoms with van der Waals surface area (Å²) in [5.74, 6) is 0.0550. The van der Waals surface area contributed by atoms with Crippen LogP contribution in [-0.2, 0) is 4.74 Å². The van der Waals surface area contributed by atoms with Crippen molar-refractivity contribution in [3.63, 3.8) is 0 Å². The predicted molar refractivity (Wildman–Crippen MR) is 64.5 cm³/mol. The van der Waals surface area contributed by atoms with E-state index in [0.717, 1.165) is 0 Å². The molecule has 0 bridgehead atoms. The summed E-state index contributed by atoms with van der Waals surface area (Å²) >= 11 is 0. The molecule has 5 nitrogen and oxygen atoms in total. The lowest BCUT2D eigenvalue weighted by Gasteiger charge is -2.26. The topological polar surface area (TPSA) is 50.8 Å². The van der Waals surface area contributed by atoms with Crippen molar-refractivity contribution in [1.82, 2.24) is 4.90 Å². The Morgan fingerprint density at radius 1 is 1.26 bits per heavy atom. The Bertz CT molecular complexity index is 419. The number of anilines is 1. The van der Waals surface area contributed by atoms with Crippen molar-refractivity contribution in [3.8, 4) is 5.75 Å². The highest BCUT2D eigenvalue weighted by Gasteiger charge is 2.16. The summed E-state index contributed by atoms with van der Waals surface area (Å²) in [6.45, 7) is -0.728. The summed E-state index contributed by atoms with van der Waals surface area (Å²) in [5, 5.41) is 2.68. The minimum Gasteiger partial charge on any atom is -0.435 e. The maximum atomic E-state index is 12.0. The number of alkyl halides is 2. The lowest BCUT2D eigenvalue weighted by Crippen LogP contribution is -2.43. The average Bonchev–Trinajstić information content (AvgIpc) is 2.41. The minimum absolute atomic E-state index is 0.0550. The number of hydrogen-bond donors (Lipinski definition) is 1. The highest BCUT2D eigenvalue weighted by atomic mass is 19.3. The Morgan fingerprint density at radius 3 is 2.47 bits per heavy atom. The zero-order chi connectivity index (χ0) is 13.7. The molecule has 19 heavy (non-hydrogen) atoms. The highest BCUT2D eigenvalue weighted by Crippen LogP contribution is 2.18. The van der Waals surface area contributed by atoms with Crippen LogP contribution in [-0.4, -0.2) is 43.8 Å². The molecule has 0 aromatic heterocycles. The van der Waals surface area contributed by atoms with E-state index < -0.39 is 6.61 Å². The van der Waals surface area contributed by atoms with E-state index in [1.54, 1.807) is 4.90 Å². The van der Waals surface area contributed by atoms with Crippen molar-refractivity contribution < 1.29 is 23.0 Å². The molecule has 7 heteroatoms. The largest absolute Gasteiger partial charge is 0.435 e. The molecule has 0 aliphatic carbocycles. The van der Waals surface area contributed by atoms with Gasteiger partial charge >= 0.3 is 12.6 Å². The van der Waals surface area contributed by atoms with Crippen molar-refractivity contribution >= 4 is 11.7 Å². The van der Waals surface area contributed by atoms with Gasteiger partial charge in [0.25, 0.3) is 0 Å². The number of urea groups is 1. The summed E-state index contributed by atoms with van der Waals surface area (Å²) in [6.07, 6.45) is 0. The van der Waals surface area contributed by atoms with Gasteiger partial charge in [0.2, 0.25) is 0 Å². The number of amides is 2. The molecule has 1 aromatic rings. The Balaban J connectivity index is 1.89. The van der Waals surface area contributed by atoms with Crippen LogP contribution in [0.4, 0.5) is 19.3 Å². The molecule has 104 valence electrons. The van der Waals surface area contributed by atoms with Gasteiger partial charge < -0.3 is 19.7 Å². The second kappa shape index (κ2) is 6.33. The Morgan fingerprint density at radius 2 is 1.89 bits per heavy atom. The van der Waals surface area contributed by atoms with E-state index in [1.165, 1.54) is 24.3 Å². The van der Waals surface area contributed by atoms with Gasteiger partial charge in [-0.2, -0.15) is 8.78 Å². The van der Waals surface area contributed by atoms with Crippen molar-refractivity contribution in [2.75, 3.05) is 31.6 Å². The molecule has 0 spiro atoms. The van der Waals surface area contributed by atoms with Crippen molar-refractivity contribution in [3.05, 3.63) is 24.3 Å². The van der Waals surface area contributed by atoms with Crippen LogP contribution in [0.15, 0.2) is 24.3 Å². The molecule has 0 saturated carbocycles. The molecule has 2 rings (SSSR count). The summed E-state index contributed by atoms with van der Waals surface area (Å²) in [7, 11) is 0. The molecule has 1 fully saturated rings. The van der Waals surface area contributed by atoms with Crippen LogP contribution in [0.2, 0.25) is 0 Å². The van der Waals surface area contributed by atoms with Crippen molar-refractivity contribution in [1.29, 1.82) is 0 Å². The van der Waals surface area contributed by atoms with E-state index in [0.29, 0.717) is 32.0 Å². The van der Waals surface area contributed by atoms with Crippen LogP contribution < -0.4 is 10.1 Å². The number of hydrogen-bond acceptors (Lipinski definition) is 3. The summed E-state index contributed by atoms with van der Waals surface area (Å²) in [4.78, 5) is 13.5. The number of ether oxygens (including phenoxy) is 2. The third-order valence-corrected chi connectivity index (χ3v) is 2.63. The number of benzene rings is 1. The maximum Gasteiger partial charge on any atom is 0.387 e. The van der Waals surface area contributed by atoms with E-state index in [2.05, 4.69) is 10.1 Å². The first-order valence-corrected chi connectivity index (χ1v) is 5.84. The lowest BCUT2D eigenvalue weighted by molar-refractivity contribution is -0.0498. The first-order chi connectivity index (χ1) is 9.15. The van der Waals surface area contributed by atoms with Gasteiger partial charge in [-0.1, -0.05) is 0 Å². The molecule has 1 aliphatic rings. The van der Waals surface area contributed by atoms with Gasteiger partial charge in [0, 0.05) is 18.8 Å². The van der Waals surface area contributed by atoms with Gasteiger partial charge in [-0.05, 0) is 24.3 Å². The first kappa shape index (κ1) is 13.5. The molecule has 1 aliphatic heterocycles. The highest BCUT2D eigenvalue weighted by molar-refractivity contribution is 5.89. The first-order valence-electron chi connectivity index (χ1n) is 5.84. The van der Waals surface area contributed by atoms with Crippen LogP contribution >= 0.6 is 0 Å². The number of nitrogens with one attached hydrogen (secondary N) is 1. The minimum atomic E-state index is -2.85. The zero-order valence-electron chi connectivity index (χ0n) is 10.1. The standard InChI is InChI=1S/C12H14F2N2O3/c13-11(14)19-10-3-1-9(2-4-10)15-12(17)16-5-7-18-8-6-16/h1-4,11H,5-8H2,(H,15,17). The fraction of sp³-hybridized carbons (Fsp3) is 0.417. The molecule has 2 amide bonds. The second-order valence-electron chi connectivity index (χ2n) is 3.93. The third kappa shape index (κ3) is 4.06. The molecule has 0 radical (unpaired) electrons. The smallest absolute Gasteiger partial charge is 0.387 e. The van der Waals surface area contributed by atoms with E-state index >= 15 is 0 Å². The van der Waals surface area contributed by atoms with Crippen molar-refractivity contribution in [2.24, 2.45) is 0 Å². The lowest BCUT2D eigenvalue weighted by atomic mass is 10.3. The number of morpholine rings is 1. The maximum absolute atomic E-state index is 12.0. The zero-order valence-corrected chi connectivity index (χ0v) is 10.1. The average molecular weight is 272 g/mol. The van der Waals surface area contributed by atoms with E-state index in [4.69, 9.17) is 4.74 Å². The number of rotatable bonds is 3. The summed E-state index contributed by atoms with van der Waals surface area (Å²) in [6, 6.07) is 5.54. The number of carbonyl (C=O) groups is 1. The number of carbonyl (C=O) groups excluding carboxylic acids is 1. The summed E-state index contributed by atoms with van der Waals surface area (Å²) < 4.78 is 33.3. The molecule has 1 N–H and O–H groups in total. The Labute approximate surface area is 109 Å². The summed E-state index contributed by atoms with van der Waals surface area (Å²) in [5.41, 5.74) is 0.526. The normalized spacial score (nSPS) is 15.4. The number of nitrogens with zero attached hydrogens (tertiary/aromatic N) is 1. The van der Waals surface area contributed by atoms with E-state index in [1.807, 2.05) is 0 Å². The van der Waals surface area contributed by atoms with Gasteiger partial charge in [-0.25, -0.2) is 4.79 Å². The second-order valence-corrected chi connectivity index (χ2v) is 3.93. The number of halogens is 2. The fourth-order valence-electron chi connectivity index (χ4n) is 1.69. The van der Waals surface area contributed by atoms with Gasteiger partial charge in [-0.15, -0.1) is 0 Å². The quantitative estimate of drug-likeness (QED) is 0.917. The molecular weight excluding hydrogens is 258 g/mol. The van der Waals surface area contributed by atoms with E-state index in [-0.39, 0.29) is 11.8 Å². The van der Waals surface area contributed by atoms with Gasteiger partial charge in [0.15, 0.2) is 0 Å². The van der Waals surface area contributed by atoms with Crippen LogP contribution in [0.25, 0.3) is 0 Å². The molecule has 1 saturated heterocycles. The predicted octanol–water partition coefficient (Wildman–Crippen LogP) is 2.15. The third-order valence-electron chi connectivity index (χ3n) is 2.63. The van der Waals surface area contributed by atoms with Crippen LogP contribution in [0.5, 0.6) is 5.75 Å². The molecule has 0 atom stereocenters. The fourth-order valence-corrected chi connectivity index (χ4v) is 1.69. The van der Waals surface area contributed by atoms with E-state index in [9.17, 15) is 13.6 Å². The van der Waals surface area contributed by atoms with Crippen molar-refractivity contribution in [2.45, 2.75) is 6.61 Å². The van der Waals surface area contributed by atoms with Crippen LogP contribution in [0.1, 0.15) is 0 Å². The molecule has 1 heterocycles. The Hall–Kier alpha value is -1.89.